The normalized spacial score (nSPS) is 14.3. The highest BCUT2D eigenvalue weighted by Gasteiger charge is 2.26. The van der Waals surface area contributed by atoms with Crippen LogP contribution in [0.3, 0.4) is 0 Å². The lowest BCUT2D eigenvalue weighted by molar-refractivity contribution is 0.193. The third-order valence-corrected chi connectivity index (χ3v) is 5.61. The summed E-state index contributed by atoms with van der Waals surface area (Å²) in [5.74, 6) is -0.621. The second-order valence-corrected chi connectivity index (χ2v) is 7.81. The van der Waals surface area contributed by atoms with Crippen LogP contribution in [0, 0.1) is 11.6 Å². The molecule has 0 saturated carbocycles. The summed E-state index contributed by atoms with van der Waals surface area (Å²) in [6.07, 6.45) is 4.76. The Morgan fingerprint density at radius 3 is 2.22 bits per heavy atom. The van der Waals surface area contributed by atoms with E-state index in [0.717, 1.165) is 32.0 Å². The Labute approximate surface area is 184 Å². The van der Waals surface area contributed by atoms with Crippen molar-refractivity contribution in [1.29, 1.82) is 0 Å². The van der Waals surface area contributed by atoms with Crippen LogP contribution in [0.25, 0.3) is 11.1 Å². The molecule has 0 bridgehead atoms. The van der Waals surface area contributed by atoms with Gasteiger partial charge in [0.05, 0.1) is 18.1 Å². The maximum absolute atomic E-state index is 13.4. The van der Waals surface area contributed by atoms with E-state index in [0.29, 0.717) is 28.5 Å². The molecule has 32 heavy (non-hydrogen) atoms. The van der Waals surface area contributed by atoms with E-state index < -0.39 is 11.6 Å². The van der Waals surface area contributed by atoms with Crippen LogP contribution in [-0.2, 0) is 0 Å². The molecule has 0 atom stereocenters. The van der Waals surface area contributed by atoms with E-state index >= 15 is 0 Å². The van der Waals surface area contributed by atoms with Crippen LogP contribution in [-0.4, -0.2) is 47.1 Å². The van der Waals surface area contributed by atoms with Gasteiger partial charge in [0.1, 0.15) is 11.6 Å². The highest BCUT2D eigenvalue weighted by molar-refractivity contribution is 5.89. The average Bonchev–Trinajstić information content (AvgIpc) is 2.79. The van der Waals surface area contributed by atoms with Gasteiger partial charge in [0.25, 0.3) is 0 Å². The molecule has 4 rings (SSSR count). The molecule has 3 aromatic rings. The minimum Gasteiger partial charge on any atom is -0.396 e. The van der Waals surface area contributed by atoms with Crippen LogP contribution in [0.4, 0.5) is 30.9 Å². The summed E-state index contributed by atoms with van der Waals surface area (Å²) in [4.78, 5) is 25.0. The van der Waals surface area contributed by atoms with Gasteiger partial charge in [-0.1, -0.05) is 12.1 Å². The zero-order chi connectivity index (χ0) is 22.7. The summed E-state index contributed by atoms with van der Waals surface area (Å²) in [5, 5.41) is 2.88. The molecular formula is C23H24F2N6O. The number of nitrogens with two attached hydrogens (primary N) is 1. The Bertz CT molecular complexity index is 1060. The van der Waals surface area contributed by atoms with Crippen molar-refractivity contribution in [3.63, 3.8) is 0 Å². The molecule has 2 heterocycles. The van der Waals surface area contributed by atoms with Crippen LogP contribution < -0.4 is 16.0 Å². The molecule has 2 amide bonds. The smallest absolute Gasteiger partial charge is 0.321 e. The van der Waals surface area contributed by atoms with E-state index in [1.165, 1.54) is 12.1 Å². The predicted octanol–water partition coefficient (Wildman–Crippen LogP) is 4.14. The number of aromatic nitrogens is 2. The van der Waals surface area contributed by atoms with Crippen LogP contribution in [0.15, 0.2) is 54.9 Å². The van der Waals surface area contributed by atoms with Crippen LogP contribution in [0.2, 0.25) is 0 Å². The van der Waals surface area contributed by atoms with E-state index in [1.807, 2.05) is 0 Å². The summed E-state index contributed by atoms with van der Waals surface area (Å²) >= 11 is 0. The lowest BCUT2D eigenvalue weighted by Crippen LogP contribution is -2.47. The molecule has 0 radical (unpaired) electrons. The van der Waals surface area contributed by atoms with Gasteiger partial charge in [-0.3, -0.25) is 0 Å². The predicted molar refractivity (Wildman–Crippen MR) is 120 cm³/mol. The van der Waals surface area contributed by atoms with E-state index in [1.54, 1.807) is 48.6 Å². The number of nitrogens with zero attached hydrogens (tertiary/aromatic N) is 4. The number of urea groups is 1. The molecule has 0 spiro atoms. The van der Waals surface area contributed by atoms with Crippen LogP contribution in [0.1, 0.15) is 12.8 Å². The van der Waals surface area contributed by atoms with Crippen molar-refractivity contribution in [2.24, 2.45) is 0 Å². The van der Waals surface area contributed by atoms with Crippen LogP contribution in [0.5, 0.6) is 0 Å². The standard InChI is InChI=1S/C23H24F2N6O/c1-30(21-6-8-31(9-7-21)22-27-13-19(26)14-28-22)23(32)29-20-4-2-15(3-5-20)16-10-17(24)12-18(25)11-16/h2-5,10-14,21H,6-9,26H2,1H3,(H,29,32). The molecule has 2 aromatic carbocycles. The Kier molecular flexibility index (Phi) is 6.16. The molecule has 0 aliphatic carbocycles. The molecule has 1 saturated heterocycles. The second kappa shape index (κ2) is 9.17. The molecule has 1 aromatic heterocycles. The average molecular weight is 438 g/mol. The molecule has 1 aliphatic heterocycles. The van der Waals surface area contributed by atoms with E-state index in [-0.39, 0.29) is 12.1 Å². The third kappa shape index (κ3) is 4.93. The number of hydrogen-bond donors (Lipinski definition) is 2. The fourth-order valence-corrected chi connectivity index (χ4v) is 3.79. The van der Waals surface area contributed by atoms with Crippen molar-refractivity contribution >= 4 is 23.4 Å². The first-order valence-electron chi connectivity index (χ1n) is 10.3. The highest BCUT2D eigenvalue weighted by atomic mass is 19.1. The molecule has 1 fully saturated rings. The second-order valence-electron chi connectivity index (χ2n) is 7.81. The number of hydrogen-bond acceptors (Lipinski definition) is 5. The minimum atomic E-state index is -0.631. The zero-order valence-corrected chi connectivity index (χ0v) is 17.6. The number of nitrogen functional groups attached to an aromatic ring is 1. The first-order chi connectivity index (χ1) is 15.4. The highest BCUT2D eigenvalue weighted by Crippen LogP contribution is 2.24. The molecule has 166 valence electrons. The molecule has 1 aliphatic rings. The van der Waals surface area contributed by atoms with Gasteiger partial charge in [-0.05, 0) is 48.2 Å². The van der Waals surface area contributed by atoms with Crippen LogP contribution >= 0.6 is 0 Å². The minimum absolute atomic E-state index is 0.0922. The molecule has 0 unspecified atom stereocenters. The number of carbonyl (C=O) groups excluding carboxylic acids is 1. The van der Waals surface area contributed by atoms with Gasteiger partial charge in [0.2, 0.25) is 5.95 Å². The third-order valence-electron chi connectivity index (χ3n) is 5.61. The number of nitrogens with one attached hydrogen (secondary N) is 1. The topological polar surface area (TPSA) is 87.4 Å². The Hall–Kier alpha value is -3.75. The summed E-state index contributed by atoms with van der Waals surface area (Å²) in [5.41, 5.74) is 7.87. The maximum Gasteiger partial charge on any atom is 0.321 e. The first kappa shape index (κ1) is 21.5. The number of anilines is 3. The largest absolute Gasteiger partial charge is 0.396 e. The first-order valence-corrected chi connectivity index (χ1v) is 10.3. The van der Waals surface area contributed by atoms with Crippen molar-refractivity contribution in [2.75, 3.05) is 36.1 Å². The molecule has 7 nitrogen and oxygen atoms in total. The zero-order valence-electron chi connectivity index (χ0n) is 17.6. The van der Waals surface area contributed by atoms with E-state index in [2.05, 4.69) is 20.2 Å². The van der Waals surface area contributed by atoms with Crippen molar-refractivity contribution in [3.8, 4) is 11.1 Å². The van der Waals surface area contributed by atoms with E-state index in [9.17, 15) is 13.6 Å². The van der Waals surface area contributed by atoms with Gasteiger partial charge < -0.3 is 20.9 Å². The van der Waals surface area contributed by atoms with Gasteiger partial charge in [-0.2, -0.15) is 0 Å². The summed E-state index contributed by atoms with van der Waals surface area (Å²) < 4.78 is 26.9. The van der Waals surface area contributed by atoms with E-state index in [4.69, 9.17) is 5.73 Å². The monoisotopic (exact) mass is 438 g/mol. The van der Waals surface area contributed by atoms with Gasteiger partial charge in [0.15, 0.2) is 0 Å². The Balaban J connectivity index is 1.33. The summed E-state index contributed by atoms with van der Waals surface area (Å²) in [6, 6.07) is 10.1. The van der Waals surface area contributed by atoms with Crippen molar-refractivity contribution in [3.05, 3.63) is 66.5 Å². The number of amides is 2. The molecular weight excluding hydrogens is 414 g/mol. The van der Waals surface area contributed by atoms with Gasteiger partial charge in [0, 0.05) is 37.9 Å². The van der Waals surface area contributed by atoms with Crippen molar-refractivity contribution in [2.45, 2.75) is 18.9 Å². The quantitative estimate of drug-likeness (QED) is 0.639. The van der Waals surface area contributed by atoms with Crippen molar-refractivity contribution in [1.82, 2.24) is 14.9 Å². The SMILES string of the molecule is CN(C(=O)Nc1ccc(-c2cc(F)cc(F)c2)cc1)C1CCN(c2ncc(N)cn2)CC1. The number of halogens is 2. The van der Waals surface area contributed by atoms with Gasteiger partial charge >= 0.3 is 6.03 Å². The number of carbonyl (C=O) groups is 1. The molecule has 3 N–H and O–H groups in total. The fourth-order valence-electron chi connectivity index (χ4n) is 3.79. The van der Waals surface area contributed by atoms with Gasteiger partial charge in [-0.15, -0.1) is 0 Å². The number of benzene rings is 2. The Morgan fingerprint density at radius 2 is 1.62 bits per heavy atom. The van der Waals surface area contributed by atoms with Crippen molar-refractivity contribution < 1.29 is 13.6 Å². The summed E-state index contributed by atoms with van der Waals surface area (Å²) in [6.45, 7) is 1.48. The van der Waals surface area contributed by atoms with Gasteiger partial charge in [-0.25, -0.2) is 23.5 Å². The lowest BCUT2D eigenvalue weighted by Gasteiger charge is -2.36. The lowest BCUT2D eigenvalue weighted by atomic mass is 10.0. The summed E-state index contributed by atoms with van der Waals surface area (Å²) in [7, 11) is 1.78. The number of rotatable bonds is 4. The number of piperidine rings is 1. The molecule has 9 heteroatoms. The Morgan fingerprint density at radius 1 is 1.03 bits per heavy atom. The maximum atomic E-state index is 13.4. The fraction of sp³-hybridized carbons (Fsp3) is 0.261.